The summed E-state index contributed by atoms with van der Waals surface area (Å²) >= 11 is 0. The maximum absolute atomic E-state index is 13.0. The standard InChI is InChI=1S/C16H23N3O3S/c1-11(2)14-8-16(12(3)7-15(14)22-6)23(20,21)19(5)13-9-17-18(4)10-13/h7-11H,1-6H3. The maximum atomic E-state index is 13.0. The summed E-state index contributed by atoms with van der Waals surface area (Å²) in [5.41, 5.74) is 2.05. The summed E-state index contributed by atoms with van der Waals surface area (Å²) < 4.78 is 34.2. The SMILES string of the molecule is COc1cc(C)c(S(=O)(=O)N(C)c2cnn(C)c2)cc1C(C)C. The number of ether oxygens (including phenoxy) is 1. The number of methoxy groups -OCH3 is 1. The highest BCUT2D eigenvalue weighted by atomic mass is 32.2. The van der Waals surface area contributed by atoms with E-state index in [1.807, 2.05) is 13.8 Å². The monoisotopic (exact) mass is 337 g/mol. The zero-order chi connectivity index (χ0) is 17.4. The van der Waals surface area contributed by atoms with Gasteiger partial charge in [0.25, 0.3) is 10.0 Å². The first-order valence-corrected chi connectivity index (χ1v) is 8.78. The molecule has 6 nitrogen and oxygen atoms in total. The molecular weight excluding hydrogens is 314 g/mol. The molecule has 1 heterocycles. The number of aryl methyl sites for hydroxylation is 2. The second-order valence-electron chi connectivity index (χ2n) is 5.86. The summed E-state index contributed by atoms with van der Waals surface area (Å²) in [7, 11) is 1.21. The highest BCUT2D eigenvalue weighted by Gasteiger charge is 2.26. The van der Waals surface area contributed by atoms with Crippen LogP contribution in [0.5, 0.6) is 5.75 Å². The van der Waals surface area contributed by atoms with Crippen molar-refractivity contribution in [3.63, 3.8) is 0 Å². The minimum atomic E-state index is -3.67. The molecule has 0 bridgehead atoms. The smallest absolute Gasteiger partial charge is 0.264 e. The molecular formula is C16H23N3O3S. The van der Waals surface area contributed by atoms with E-state index in [9.17, 15) is 8.42 Å². The molecule has 0 aliphatic heterocycles. The van der Waals surface area contributed by atoms with Crippen LogP contribution in [-0.2, 0) is 17.1 Å². The van der Waals surface area contributed by atoms with E-state index in [1.54, 1.807) is 44.1 Å². The van der Waals surface area contributed by atoms with Crippen molar-refractivity contribution in [2.24, 2.45) is 7.05 Å². The Morgan fingerprint density at radius 3 is 2.43 bits per heavy atom. The predicted octanol–water partition coefficient (Wildman–Crippen LogP) is 2.69. The fourth-order valence-corrected chi connectivity index (χ4v) is 3.85. The third-order valence-electron chi connectivity index (χ3n) is 3.84. The average molecular weight is 337 g/mol. The zero-order valence-electron chi connectivity index (χ0n) is 14.4. The Hall–Kier alpha value is -2.02. The maximum Gasteiger partial charge on any atom is 0.264 e. The van der Waals surface area contributed by atoms with Gasteiger partial charge in [0.2, 0.25) is 0 Å². The second-order valence-corrected chi connectivity index (χ2v) is 7.80. The molecule has 1 aromatic carbocycles. The van der Waals surface area contributed by atoms with Crippen LogP contribution in [0.25, 0.3) is 0 Å². The summed E-state index contributed by atoms with van der Waals surface area (Å²) in [6, 6.07) is 3.49. The first kappa shape index (κ1) is 17.3. The van der Waals surface area contributed by atoms with Gasteiger partial charge in [-0.25, -0.2) is 8.42 Å². The molecule has 126 valence electrons. The first-order valence-electron chi connectivity index (χ1n) is 7.34. The van der Waals surface area contributed by atoms with E-state index >= 15 is 0 Å². The molecule has 0 radical (unpaired) electrons. The van der Waals surface area contributed by atoms with Gasteiger partial charge in [-0.2, -0.15) is 5.10 Å². The van der Waals surface area contributed by atoms with Gasteiger partial charge in [-0.3, -0.25) is 8.99 Å². The Morgan fingerprint density at radius 2 is 1.96 bits per heavy atom. The van der Waals surface area contributed by atoms with Gasteiger partial charge >= 0.3 is 0 Å². The minimum absolute atomic E-state index is 0.156. The highest BCUT2D eigenvalue weighted by Crippen LogP contribution is 2.33. The molecule has 2 rings (SSSR count). The fourth-order valence-electron chi connectivity index (χ4n) is 2.44. The van der Waals surface area contributed by atoms with Crippen LogP contribution in [0.2, 0.25) is 0 Å². The number of anilines is 1. The lowest BCUT2D eigenvalue weighted by Gasteiger charge is -2.21. The minimum Gasteiger partial charge on any atom is -0.496 e. The molecule has 1 aromatic heterocycles. The van der Waals surface area contributed by atoms with E-state index in [1.165, 1.54) is 17.5 Å². The lowest BCUT2D eigenvalue weighted by atomic mass is 10.0. The van der Waals surface area contributed by atoms with Gasteiger partial charge in [-0.1, -0.05) is 13.8 Å². The van der Waals surface area contributed by atoms with E-state index in [0.717, 1.165) is 5.56 Å². The van der Waals surface area contributed by atoms with E-state index < -0.39 is 10.0 Å². The van der Waals surface area contributed by atoms with Crippen molar-refractivity contribution in [3.8, 4) is 5.75 Å². The van der Waals surface area contributed by atoms with E-state index in [0.29, 0.717) is 17.0 Å². The number of rotatable bonds is 5. The van der Waals surface area contributed by atoms with Crippen molar-refractivity contribution in [2.45, 2.75) is 31.6 Å². The summed E-state index contributed by atoms with van der Waals surface area (Å²) in [4.78, 5) is 0.286. The van der Waals surface area contributed by atoms with Crippen LogP contribution in [0.4, 0.5) is 5.69 Å². The van der Waals surface area contributed by atoms with Gasteiger partial charge in [0, 0.05) is 20.3 Å². The molecule has 0 aliphatic carbocycles. The quantitative estimate of drug-likeness (QED) is 0.841. The van der Waals surface area contributed by atoms with Crippen molar-refractivity contribution in [2.75, 3.05) is 18.5 Å². The number of nitrogens with zero attached hydrogens (tertiary/aromatic N) is 3. The predicted molar refractivity (Wildman–Crippen MR) is 90.6 cm³/mol. The van der Waals surface area contributed by atoms with Gasteiger partial charge in [0.05, 0.1) is 23.9 Å². The summed E-state index contributed by atoms with van der Waals surface area (Å²) in [6.07, 6.45) is 3.19. The van der Waals surface area contributed by atoms with Crippen LogP contribution in [-0.4, -0.2) is 32.4 Å². The van der Waals surface area contributed by atoms with Gasteiger partial charge in [0.15, 0.2) is 0 Å². The summed E-state index contributed by atoms with van der Waals surface area (Å²) in [5.74, 6) is 0.865. The molecule has 2 aromatic rings. The van der Waals surface area contributed by atoms with Crippen LogP contribution >= 0.6 is 0 Å². The average Bonchev–Trinajstić information content (AvgIpc) is 2.91. The lowest BCUT2D eigenvalue weighted by Crippen LogP contribution is -2.27. The van der Waals surface area contributed by atoms with Crippen LogP contribution in [0.3, 0.4) is 0 Å². The Kier molecular flexibility index (Phi) is 4.70. The molecule has 23 heavy (non-hydrogen) atoms. The largest absolute Gasteiger partial charge is 0.496 e. The number of sulfonamides is 1. The number of aromatic nitrogens is 2. The second kappa shape index (κ2) is 6.23. The van der Waals surface area contributed by atoms with Gasteiger partial charge in [0.1, 0.15) is 5.75 Å². The third-order valence-corrected chi connectivity index (χ3v) is 5.77. The van der Waals surface area contributed by atoms with Crippen molar-refractivity contribution in [1.29, 1.82) is 0 Å². The Balaban J connectivity index is 2.57. The van der Waals surface area contributed by atoms with Gasteiger partial charge in [-0.15, -0.1) is 0 Å². The first-order chi connectivity index (χ1) is 10.7. The number of benzene rings is 1. The fraction of sp³-hybridized carbons (Fsp3) is 0.438. The van der Waals surface area contributed by atoms with Crippen LogP contribution in [0.15, 0.2) is 29.4 Å². The molecule has 0 saturated carbocycles. The molecule has 0 spiro atoms. The molecule has 0 N–H and O–H groups in total. The highest BCUT2D eigenvalue weighted by molar-refractivity contribution is 7.92. The number of hydrogen-bond donors (Lipinski definition) is 0. The Labute approximate surface area is 137 Å². The van der Waals surface area contributed by atoms with Crippen molar-refractivity contribution in [3.05, 3.63) is 35.7 Å². The van der Waals surface area contributed by atoms with E-state index in [-0.39, 0.29) is 10.8 Å². The topological polar surface area (TPSA) is 64.4 Å². The summed E-state index contributed by atoms with van der Waals surface area (Å²) in [5, 5.41) is 4.03. The molecule has 0 amide bonds. The van der Waals surface area contributed by atoms with Gasteiger partial charge in [-0.05, 0) is 36.1 Å². The molecule has 7 heteroatoms. The van der Waals surface area contributed by atoms with Crippen LogP contribution in [0.1, 0.15) is 30.9 Å². The van der Waals surface area contributed by atoms with Crippen molar-refractivity contribution in [1.82, 2.24) is 9.78 Å². The molecule has 0 unspecified atom stereocenters. The molecule has 0 aliphatic rings. The Morgan fingerprint density at radius 1 is 1.30 bits per heavy atom. The van der Waals surface area contributed by atoms with E-state index in [4.69, 9.17) is 4.74 Å². The van der Waals surface area contributed by atoms with Crippen LogP contribution < -0.4 is 9.04 Å². The number of hydrogen-bond acceptors (Lipinski definition) is 4. The molecule has 0 atom stereocenters. The van der Waals surface area contributed by atoms with Gasteiger partial charge < -0.3 is 4.74 Å². The van der Waals surface area contributed by atoms with E-state index in [2.05, 4.69) is 5.10 Å². The molecule has 0 fully saturated rings. The molecule has 0 saturated heterocycles. The zero-order valence-corrected chi connectivity index (χ0v) is 15.2. The Bertz CT molecular complexity index is 810. The van der Waals surface area contributed by atoms with Crippen molar-refractivity contribution >= 4 is 15.7 Å². The van der Waals surface area contributed by atoms with Crippen LogP contribution in [0, 0.1) is 6.92 Å². The lowest BCUT2D eigenvalue weighted by molar-refractivity contribution is 0.406. The normalized spacial score (nSPS) is 11.8. The summed E-state index contributed by atoms with van der Waals surface area (Å²) in [6.45, 7) is 5.79. The third kappa shape index (κ3) is 3.19. The van der Waals surface area contributed by atoms with Crippen molar-refractivity contribution < 1.29 is 13.2 Å².